The first kappa shape index (κ1) is 24.5. The molecular weight excluding hydrogens is 496 g/mol. The van der Waals surface area contributed by atoms with Gasteiger partial charge in [-0.15, -0.1) is 0 Å². The third kappa shape index (κ3) is 4.94. The molecule has 2 aromatic carbocycles. The topological polar surface area (TPSA) is 76.2 Å². The van der Waals surface area contributed by atoms with Gasteiger partial charge in [0.25, 0.3) is 0 Å². The number of sulfonamides is 1. The van der Waals surface area contributed by atoms with E-state index in [0.29, 0.717) is 30.9 Å². The lowest BCUT2D eigenvalue weighted by Crippen LogP contribution is -2.46. The highest BCUT2D eigenvalue weighted by Gasteiger charge is 2.33. The first-order chi connectivity index (χ1) is 15.2. The SMILES string of the molecule is CCCN(CC(=O)N1CCc2cc(OC)c(OC)cc2C1C)S(=O)(=O)c1ccc(Br)cc1. The van der Waals surface area contributed by atoms with Gasteiger partial charge in [-0.05, 0) is 67.3 Å². The molecule has 0 saturated carbocycles. The minimum Gasteiger partial charge on any atom is -0.493 e. The summed E-state index contributed by atoms with van der Waals surface area (Å²) in [4.78, 5) is 15.2. The molecule has 1 amide bonds. The molecule has 0 saturated heterocycles. The van der Waals surface area contributed by atoms with Crippen molar-refractivity contribution in [3.05, 3.63) is 52.0 Å². The molecule has 32 heavy (non-hydrogen) atoms. The van der Waals surface area contributed by atoms with E-state index in [9.17, 15) is 13.2 Å². The Hall–Kier alpha value is -2.10. The average Bonchev–Trinajstić information content (AvgIpc) is 2.78. The monoisotopic (exact) mass is 524 g/mol. The van der Waals surface area contributed by atoms with Crippen LogP contribution in [-0.4, -0.2) is 57.4 Å². The van der Waals surface area contributed by atoms with Crippen LogP contribution in [0.25, 0.3) is 0 Å². The number of amides is 1. The summed E-state index contributed by atoms with van der Waals surface area (Å²) in [7, 11) is -0.606. The lowest BCUT2D eigenvalue weighted by molar-refractivity contribution is -0.134. The summed E-state index contributed by atoms with van der Waals surface area (Å²) in [6, 6.07) is 10.1. The summed E-state index contributed by atoms with van der Waals surface area (Å²) >= 11 is 3.33. The van der Waals surface area contributed by atoms with E-state index in [1.165, 1.54) is 4.31 Å². The summed E-state index contributed by atoms with van der Waals surface area (Å²) in [5, 5.41) is 0. The largest absolute Gasteiger partial charge is 0.493 e. The van der Waals surface area contributed by atoms with E-state index >= 15 is 0 Å². The smallest absolute Gasteiger partial charge is 0.243 e. The second-order valence-corrected chi connectivity index (χ2v) is 10.6. The van der Waals surface area contributed by atoms with Crippen LogP contribution in [0.1, 0.15) is 37.4 Å². The van der Waals surface area contributed by atoms with Gasteiger partial charge in [-0.2, -0.15) is 4.31 Å². The van der Waals surface area contributed by atoms with Crippen LogP contribution >= 0.6 is 15.9 Å². The van der Waals surface area contributed by atoms with Gasteiger partial charge in [0, 0.05) is 17.6 Å². The molecule has 0 aromatic heterocycles. The van der Waals surface area contributed by atoms with Crippen molar-refractivity contribution in [3.63, 3.8) is 0 Å². The van der Waals surface area contributed by atoms with E-state index in [1.54, 1.807) is 43.4 Å². The number of nitrogens with zero attached hydrogens (tertiary/aromatic N) is 2. The van der Waals surface area contributed by atoms with Gasteiger partial charge in [0.2, 0.25) is 15.9 Å². The van der Waals surface area contributed by atoms with Crippen molar-refractivity contribution in [1.82, 2.24) is 9.21 Å². The second-order valence-electron chi connectivity index (χ2n) is 7.71. The number of fused-ring (bicyclic) bond motifs is 1. The highest BCUT2D eigenvalue weighted by atomic mass is 79.9. The zero-order chi connectivity index (χ0) is 23.5. The Morgan fingerprint density at radius 1 is 1.16 bits per heavy atom. The van der Waals surface area contributed by atoms with E-state index in [2.05, 4.69) is 15.9 Å². The minimum atomic E-state index is -3.78. The Balaban J connectivity index is 1.84. The number of carbonyl (C=O) groups excluding carboxylic acids is 1. The van der Waals surface area contributed by atoms with Crippen LogP contribution in [0.4, 0.5) is 0 Å². The van der Waals surface area contributed by atoms with Gasteiger partial charge >= 0.3 is 0 Å². The Morgan fingerprint density at radius 2 is 1.78 bits per heavy atom. The van der Waals surface area contributed by atoms with E-state index < -0.39 is 10.0 Å². The molecule has 1 heterocycles. The molecule has 0 radical (unpaired) electrons. The van der Waals surface area contributed by atoms with Gasteiger partial charge < -0.3 is 14.4 Å². The number of hydrogen-bond donors (Lipinski definition) is 0. The molecule has 2 aromatic rings. The minimum absolute atomic E-state index is 0.177. The lowest BCUT2D eigenvalue weighted by Gasteiger charge is -2.37. The second kappa shape index (κ2) is 10.2. The Kier molecular flexibility index (Phi) is 7.84. The Bertz CT molecular complexity index is 1070. The molecule has 0 fully saturated rings. The molecule has 0 bridgehead atoms. The number of rotatable bonds is 8. The molecule has 1 aliphatic heterocycles. The van der Waals surface area contributed by atoms with Crippen molar-refractivity contribution in [2.24, 2.45) is 0 Å². The first-order valence-electron chi connectivity index (χ1n) is 10.5. The predicted octanol–water partition coefficient (Wildman–Crippen LogP) is 4.01. The molecule has 0 spiro atoms. The maximum absolute atomic E-state index is 13.3. The average molecular weight is 525 g/mol. The van der Waals surface area contributed by atoms with Crippen molar-refractivity contribution in [2.75, 3.05) is 33.9 Å². The summed E-state index contributed by atoms with van der Waals surface area (Å²) < 4.78 is 39.3. The molecular formula is C23H29BrN2O5S. The summed E-state index contributed by atoms with van der Waals surface area (Å²) in [5.41, 5.74) is 2.09. The number of ether oxygens (including phenoxy) is 2. The summed E-state index contributed by atoms with van der Waals surface area (Å²) in [6.07, 6.45) is 1.28. The fourth-order valence-corrected chi connectivity index (χ4v) is 5.76. The molecule has 0 N–H and O–H groups in total. The number of benzene rings is 2. The zero-order valence-electron chi connectivity index (χ0n) is 18.8. The van der Waals surface area contributed by atoms with Gasteiger partial charge in [-0.1, -0.05) is 22.9 Å². The molecule has 1 unspecified atom stereocenters. The fourth-order valence-electron chi connectivity index (χ4n) is 4.02. The molecule has 1 atom stereocenters. The van der Waals surface area contributed by atoms with Gasteiger partial charge in [0.15, 0.2) is 11.5 Å². The van der Waals surface area contributed by atoms with Gasteiger partial charge in [-0.3, -0.25) is 4.79 Å². The standard InChI is InChI=1S/C23H29BrN2O5S/c1-5-11-25(32(28,29)19-8-6-18(24)7-9-19)15-23(27)26-12-10-17-13-21(30-3)22(31-4)14-20(17)16(26)2/h6-9,13-14,16H,5,10-12,15H2,1-4H3. The molecule has 1 aliphatic rings. The van der Waals surface area contributed by atoms with Crippen molar-refractivity contribution in [2.45, 2.75) is 37.6 Å². The number of hydrogen-bond acceptors (Lipinski definition) is 5. The Morgan fingerprint density at radius 3 is 2.38 bits per heavy atom. The third-order valence-electron chi connectivity index (χ3n) is 5.74. The Labute approximate surface area is 198 Å². The molecule has 9 heteroatoms. The molecule has 0 aliphatic carbocycles. The van der Waals surface area contributed by atoms with E-state index in [-0.39, 0.29) is 29.9 Å². The van der Waals surface area contributed by atoms with Crippen LogP contribution < -0.4 is 9.47 Å². The molecule has 174 valence electrons. The maximum Gasteiger partial charge on any atom is 0.243 e. The fraction of sp³-hybridized carbons (Fsp3) is 0.435. The van der Waals surface area contributed by atoms with Crippen molar-refractivity contribution in [3.8, 4) is 11.5 Å². The van der Waals surface area contributed by atoms with E-state index in [0.717, 1.165) is 15.6 Å². The van der Waals surface area contributed by atoms with Gasteiger partial charge in [0.1, 0.15) is 0 Å². The van der Waals surface area contributed by atoms with Crippen LogP contribution in [0.5, 0.6) is 11.5 Å². The van der Waals surface area contributed by atoms with E-state index in [1.807, 2.05) is 26.0 Å². The van der Waals surface area contributed by atoms with Gasteiger partial charge in [-0.25, -0.2) is 8.42 Å². The normalized spacial score (nSPS) is 16.1. The molecule has 7 nitrogen and oxygen atoms in total. The summed E-state index contributed by atoms with van der Waals surface area (Å²) in [6.45, 7) is 4.44. The first-order valence-corrected chi connectivity index (χ1v) is 12.8. The lowest BCUT2D eigenvalue weighted by atomic mass is 9.92. The number of halogens is 1. The molecule has 3 rings (SSSR count). The van der Waals surface area contributed by atoms with E-state index in [4.69, 9.17) is 9.47 Å². The van der Waals surface area contributed by atoms with Crippen LogP contribution in [0.2, 0.25) is 0 Å². The van der Waals surface area contributed by atoms with Crippen LogP contribution in [-0.2, 0) is 21.2 Å². The van der Waals surface area contributed by atoms with Crippen molar-refractivity contribution >= 4 is 31.9 Å². The van der Waals surface area contributed by atoms with Crippen LogP contribution in [0.15, 0.2) is 45.8 Å². The van der Waals surface area contributed by atoms with Crippen LogP contribution in [0.3, 0.4) is 0 Å². The maximum atomic E-state index is 13.3. The highest BCUT2D eigenvalue weighted by Crippen LogP contribution is 2.38. The highest BCUT2D eigenvalue weighted by molar-refractivity contribution is 9.10. The van der Waals surface area contributed by atoms with Gasteiger partial charge in [0.05, 0.1) is 31.7 Å². The summed E-state index contributed by atoms with van der Waals surface area (Å²) in [5.74, 6) is 1.05. The van der Waals surface area contributed by atoms with Crippen LogP contribution in [0, 0.1) is 0 Å². The van der Waals surface area contributed by atoms with Crippen molar-refractivity contribution < 1.29 is 22.7 Å². The van der Waals surface area contributed by atoms with Crippen molar-refractivity contribution in [1.29, 1.82) is 0 Å². The number of carbonyl (C=O) groups is 1. The number of methoxy groups -OCH3 is 2. The third-order valence-corrected chi connectivity index (χ3v) is 8.13. The quantitative estimate of drug-likeness (QED) is 0.521. The predicted molar refractivity (Wildman–Crippen MR) is 127 cm³/mol. The zero-order valence-corrected chi connectivity index (χ0v) is 21.2.